The van der Waals surface area contributed by atoms with Gasteiger partial charge >= 0.3 is 0 Å². The number of pyridine rings is 1. The van der Waals surface area contributed by atoms with E-state index in [1.54, 1.807) is 12.4 Å². The van der Waals surface area contributed by atoms with Crippen LogP contribution in [0.1, 0.15) is 10.5 Å². The second-order valence-electron chi connectivity index (χ2n) is 6.85. The molecule has 2 aliphatic rings. The molecule has 130 valence electrons. The van der Waals surface area contributed by atoms with Crippen LogP contribution < -0.4 is 10.6 Å². The predicted octanol–water partition coefficient (Wildman–Crippen LogP) is 2.81. The number of para-hydroxylation sites is 1. The van der Waals surface area contributed by atoms with Gasteiger partial charge in [-0.3, -0.25) is 9.78 Å². The summed E-state index contributed by atoms with van der Waals surface area (Å²) in [6.45, 7) is 1.83. The zero-order valence-corrected chi connectivity index (χ0v) is 14.1. The highest BCUT2D eigenvalue weighted by molar-refractivity contribution is 6.04. The molecule has 1 aromatic carbocycles. The molecule has 0 unspecified atom stereocenters. The fraction of sp³-hybridized carbons (Fsp3) is 0.200. The molecule has 2 N–H and O–H groups in total. The normalized spacial score (nSPS) is 17.3. The van der Waals surface area contributed by atoms with Crippen molar-refractivity contribution < 1.29 is 9.53 Å². The highest BCUT2D eigenvalue weighted by atomic mass is 16.5. The van der Waals surface area contributed by atoms with Gasteiger partial charge in [-0.2, -0.15) is 0 Å². The van der Waals surface area contributed by atoms with E-state index in [1.807, 2.05) is 47.0 Å². The number of hydrogen-bond acceptors (Lipinski definition) is 4. The van der Waals surface area contributed by atoms with Crippen LogP contribution in [0.15, 0.2) is 61.1 Å². The van der Waals surface area contributed by atoms with Crippen LogP contribution in [0.2, 0.25) is 0 Å². The van der Waals surface area contributed by atoms with Gasteiger partial charge in [0, 0.05) is 29.8 Å². The van der Waals surface area contributed by atoms with Gasteiger partial charge in [0.15, 0.2) is 0 Å². The first-order valence-corrected chi connectivity index (χ1v) is 8.60. The molecule has 5 rings (SSSR count). The quantitative estimate of drug-likeness (QED) is 0.765. The lowest BCUT2D eigenvalue weighted by Gasteiger charge is -2.45. The number of amides is 1. The van der Waals surface area contributed by atoms with Crippen LogP contribution in [0.3, 0.4) is 0 Å². The van der Waals surface area contributed by atoms with Crippen molar-refractivity contribution in [1.29, 1.82) is 0 Å². The van der Waals surface area contributed by atoms with E-state index in [9.17, 15) is 4.79 Å². The maximum absolute atomic E-state index is 12.9. The van der Waals surface area contributed by atoms with Crippen molar-refractivity contribution in [2.24, 2.45) is 0 Å². The number of carbonyl (C=O) groups excluding carboxylic acids is 1. The Morgan fingerprint density at radius 1 is 1.12 bits per heavy atom. The molecule has 2 aromatic heterocycles. The van der Waals surface area contributed by atoms with E-state index in [0.717, 1.165) is 22.5 Å². The van der Waals surface area contributed by atoms with Crippen LogP contribution in [0.4, 0.5) is 11.4 Å². The Balaban J connectivity index is 1.65. The molecule has 6 heteroatoms. The number of fused-ring (bicyclic) bond motifs is 1. The number of aromatic nitrogens is 2. The van der Waals surface area contributed by atoms with Crippen LogP contribution in [-0.4, -0.2) is 34.2 Å². The van der Waals surface area contributed by atoms with Crippen molar-refractivity contribution in [3.05, 3.63) is 66.7 Å². The largest absolute Gasteiger partial charge is 0.376 e. The maximum Gasteiger partial charge on any atom is 0.270 e. The second-order valence-corrected chi connectivity index (χ2v) is 6.85. The number of hydrogen-bond donors (Lipinski definition) is 2. The summed E-state index contributed by atoms with van der Waals surface area (Å²) in [6, 6.07) is 13.8. The van der Waals surface area contributed by atoms with Crippen LogP contribution in [0, 0.1) is 0 Å². The molecule has 26 heavy (non-hydrogen) atoms. The van der Waals surface area contributed by atoms with Crippen LogP contribution in [0.5, 0.6) is 0 Å². The van der Waals surface area contributed by atoms with Crippen molar-refractivity contribution in [3.63, 3.8) is 0 Å². The molecule has 0 radical (unpaired) electrons. The minimum Gasteiger partial charge on any atom is -0.376 e. The first kappa shape index (κ1) is 15.2. The summed E-state index contributed by atoms with van der Waals surface area (Å²) < 4.78 is 7.39. The van der Waals surface area contributed by atoms with Gasteiger partial charge in [0.25, 0.3) is 5.91 Å². The standard InChI is InChI=1S/C20H18N4O2/c25-19-18-17(22-15-4-2-1-3-5-15)16(14-6-8-21-9-7-14)10-24(18)11-20(23-19)12-26-13-20/h1-10,22H,11-13H2,(H,23,25). The van der Waals surface area contributed by atoms with Crippen molar-refractivity contribution in [1.82, 2.24) is 14.9 Å². The predicted molar refractivity (Wildman–Crippen MR) is 98.4 cm³/mol. The number of benzene rings is 1. The zero-order chi connectivity index (χ0) is 17.6. The Hall–Kier alpha value is -3.12. The highest BCUT2D eigenvalue weighted by Gasteiger charge is 2.45. The minimum absolute atomic E-state index is 0.0710. The second kappa shape index (κ2) is 5.71. The van der Waals surface area contributed by atoms with E-state index >= 15 is 0 Å². The van der Waals surface area contributed by atoms with E-state index in [-0.39, 0.29) is 11.4 Å². The maximum atomic E-state index is 12.9. The van der Waals surface area contributed by atoms with Gasteiger partial charge in [-0.05, 0) is 29.8 Å². The molecule has 1 spiro atoms. The average molecular weight is 346 g/mol. The molecule has 4 heterocycles. The van der Waals surface area contributed by atoms with Gasteiger partial charge in [0.1, 0.15) is 11.2 Å². The number of anilines is 2. The average Bonchev–Trinajstić information content (AvgIpc) is 3.00. The van der Waals surface area contributed by atoms with E-state index in [2.05, 4.69) is 21.8 Å². The monoisotopic (exact) mass is 346 g/mol. The minimum atomic E-state index is -0.275. The zero-order valence-electron chi connectivity index (χ0n) is 14.1. The van der Waals surface area contributed by atoms with Crippen molar-refractivity contribution >= 4 is 17.3 Å². The molecule has 0 saturated carbocycles. The van der Waals surface area contributed by atoms with E-state index in [4.69, 9.17) is 4.74 Å². The Bertz CT molecular complexity index is 962. The van der Waals surface area contributed by atoms with Crippen LogP contribution in [-0.2, 0) is 11.3 Å². The van der Waals surface area contributed by atoms with E-state index in [1.165, 1.54) is 0 Å². The summed E-state index contributed by atoms with van der Waals surface area (Å²) in [5.74, 6) is -0.0710. The third-order valence-electron chi connectivity index (χ3n) is 4.94. The molecule has 0 aliphatic carbocycles. The number of nitrogens with zero attached hydrogens (tertiary/aromatic N) is 2. The van der Waals surface area contributed by atoms with Gasteiger partial charge in [0.05, 0.1) is 25.4 Å². The lowest BCUT2D eigenvalue weighted by molar-refractivity contribution is -0.0809. The molecule has 3 aromatic rings. The molecule has 0 atom stereocenters. The summed E-state index contributed by atoms with van der Waals surface area (Å²) in [6.07, 6.45) is 5.58. The lowest BCUT2D eigenvalue weighted by Crippen LogP contribution is -2.67. The molecular weight excluding hydrogens is 328 g/mol. The van der Waals surface area contributed by atoms with E-state index < -0.39 is 0 Å². The number of ether oxygens (including phenoxy) is 1. The topological polar surface area (TPSA) is 68.2 Å². The van der Waals surface area contributed by atoms with Crippen LogP contribution >= 0.6 is 0 Å². The van der Waals surface area contributed by atoms with Crippen molar-refractivity contribution in [3.8, 4) is 11.1 Å². The fourth-order valence-electron chi connectivity index (χ4n) is 3.65. The Morgan fingerprint density at radius 2 is 1.88 bits per heavy atom. The SMILES string of the molecule is O=C1NC2(COC2)Cn2cc(-c3ccncc3)c(Nc3ccccc3)c21. The third-order valence-corrected chi connectivity index (χ3v) is 4.94. The molecule has 1 saturated heterocycles. The lowest BCUT2D eigenvalue weighted by atomic mass is 9.95. The van der Waals surface area contributed by atoms with Gasteiger partial charge in [-0.1, -0.05) is 18.2 Å². The van der Waals surface area contributed by atoms with Gasteiger partial charge < -0.3 is 19.9 Å². The Morgan fingerprint density at radius 3 is 2.58 bits per heavy atom. The molecular formula is C20H18N4O2. The smallest absolute Gasteiger partial charge is 0.270 e. The fourth-order valence-corrected chi connectivity index (χ4v) is 3.65. The molecule has 0 bridgehead atoms. The van der Waals surface area contributed by atoms with Gasteiger partial charge in [0.2, 0.25) is 0 Å². The summed E-state index contributed by atoms with van der Waals surface area (Å²) >= 11 is 0. The number of carbonyl (C=O) groups is 1. The highest BCUT2D eigenvalue weighted by Crippen LogP contribution is 2.38. The molecule has 1 fully saturated rings. The number of rotatable bonds is 3. The summed E-state index contributed by atoms with van der Waals surface area (Å²) in [5, 5.41) is 6.58. The summed E-state index contributed by atoms with van der Waals surface area (Å²) in [4.78, 5) is 17.0. The third kappa shape index (κ3) is 2.38. The summed E-state index contributed by atoms with van der Waals surface area (Å²) in [7, 11) is 0. The Kier molecular flexibility index (Phi) is 3.33. The Labute approximate surface area is 150 Å². The summed E-state index contributed by atoms with van der Waals surface area (Å²) in [5.41, 5.74) is 4.14. The molecule has 2 aliphatic heterocycles. The van der Waals surface area contributed by atoms with Crippen LogP contribution in [0.25, 0.3) is 11.1 Å². The number of nitrogens with one attached hydrogen (secondary N) is 2. The van der Waals surface area contributed by atoms with E-state index in [0.29, 0.717) is 25.5 Å². The van der Waals surface area contributed by atoms with Crippen molar-refractivity contribution in [2.45, 2.75) is 12.1 Å². The first-order chi connectivity index (χ1) is 12.7. The first-order valence-electron chi connectivity index (χ1n) is 8.60. The molecule has 1 amide bonds. The van der Waals surface area contributed by atoms with Gasteiger partial charge in [-0.25, -0.2) is 0 Å². The molecule has 6 nitrogen and oxygen atoms in total. The van der Waals surface area contributed by atoms with Gasteiger partial charge in [-0.15, -0.1) is 0 Å². The van der Waals surface area contributed by atoms with Crippen molar-refractivity contribution in [2.75, 3.05) is 18.5 Å².